The molecule has 4 rings (SSSR count). The Balaban J connectivity index is 1.41. The molecule has 0 radical (unpaired) electrons. The van der Waals surface area contributed by atoms with E-state index in [0.717, 1.165) is 24.8 Å². The molecule has 7 heteroatoms. The number of thiophene rings is 1. The minimum Gasteiger partial charge on any atom is -0.339 e. The second-order valence-corrected chi connectivity index (χ2v) is 8.92. The van der Waals surface area contributed by atoms with Gasteiger partial charge in [-0.2, -0.15) is 0 Å². The fourth-order valence-corrected chi connectivity index (χ4v) is 4.59. The molecule has 1 N–H and O–H groups in total. The van der Waals surface area contributed by atoms with Gasteiger partial charge in [0.05, 0.1) is 4.88 Å². The van der Waals surface area contributed by atoms with Crippen molar-refractivity contribution in [1.29, 1.82) is 0 Å². The number of amides is 3. The van der Waals surface area contributed by atoms with E-state index in [9.17, 15) is 14.4 Å². The van der Waals surface area contributed by atoms with Crippen molar-refractivity contribution >= 4 is 29.1 Å². The first kappa shape index (κ1) is 20.6. The van der Waals surface area contributed by atoms with E-state index in [1.165, 1.54) is 11.3 Å². The fourth-order valence-electron chi connectivity index (χ4n) is 3.97. The largest absolute Gasteiger partial charge is 0.339 e. The highest BCUT2D eigenvalue weighted by molar-refractivity contribution is 7.12. The van der Waals surface area contributed by atoms with Crippen molar-refractivity contribution in [1.82, 2.24) is 15.1 Å². The Morgan fingerprint density at radius 2 is 1.67 bits per heavy atom. The van der Waals surface area contributed by atoms with E-state index >= 15 is 0 Å². The van der Waals surface area contributed by atoms with Crippen LogP contribution in [0.3, 0.4) is 0 Å². The first-order chi connectivity index (χ1) is 14.6. The highest BCUT2D eigenvalue weighted by atomic mass is 32.1. The van der Waals surface area contributed by atoms with Crippen molar-refractivity contribution < 1.29 is 14.4 Å². The number of benzene rings is 1. The topological polar surface area (TPSA) is 69.7 Å². The molecule has 1 aromatic carbocycles. The van der Waals surface area contributed by atoms with Crippen molar-refractivity contribution in [3.8, 4) is 0 Å². The van der Waals surface area contributed by atoms with Crippen LogP contribution in [0.5, 0.6) is 0 Å². The van der Waals surface area contributed by atoms with Crippen molar-refractivity contribution in [2.45, 2.75) is 31.7 Å². The summed E-state index contributed by atoms with van der Waals surface area (Å²) in [5.74, 6) is 0.112. The summed E-state index contributed by atoms with van der Waals surface area (Å²) in [5, 5.41) is 4.78. The number of carbonyl (C=O) groups is 3. The number of nitrogens with zero attached hydrogens (tertiary/aromatic N) is 2. The molecule has 6 nitrogen and oxygen atoms in total. The summed E-state index contributed by atoms with van der Waals surface area (Å²) >= 11 is 1.36. The van der Waals surface area contributed by atoms with E-state index in [2.05, 4.69) is 5.32 Å². The molecule has 158 valence electrons. The molecule has 1 atom stereocenters. The van der Waals surface area contributed by atoms with Gasteiger partial charge in [-0.3, -0.25) is 14.4 Å². The summed E-state index contributed by atoms with van der Waals surface area (Å²) < 4.78 is 0. The van der Waals surface area contributed by atoms with Crippen LogP contribution in [0.2, 0.25) is 0 Å². The normalized spacial score (nSPS) is 17.9. The predicted octanol–water partition coefficient (Wildman–Crippen LogP) is 2.56. The van der Waals surface area contributed by atoms with Gasteiger partial charge in [0.2, 0.25) is 11.8 Å². The Bertz CT molecular complexity index is 872. The minimum atomic E-state index is -0.629. The molecule has 1 saturated heterocycles. The van der Waals surface area contributed by atoms with Crippen LogP contribution in [-0.4, -0.2) is 59.7 Å². The number of hydrogen-bond acceptors (Lipinski definition) is 4. The summed E-state index contributed by atoms with van der Waals surface area (Å²) in [7, 11) is 0. The maximum atomic E-state index is 13.3. The van der Waals surface area contributed by atoms with Crippen LogP contribution in [-0.2, 0) is 16.0 Å². The molecule has 1 aliphatic heterocycles. The maximum Gasteiger partial charge on any atom is 0.262 e. The van der Waals surface area contributed by atoms with Crippen LogP contribution in [0.25, 0.3) is 0 Å². The average molecular weight is 426 g/mol. The van der Waals surface area contributed by atoms with Crippen molar-refractivity contribution in [2.75, 3.05) is 26.2 Å². The van der Waals surface area contributed by atoms with Crippen molar-refractivity contribution in [2.24, 2.45) is 5.92 Å². The molecule has 1 unspecified atom stereocenters. The molecule has 30 heavy (non-hydrogen) atoms. The zero-order chi connectivity index (χ0) is 20.9. The van der Waals surface area contributed by atoms with Gasteiger partial charge in [0.1, 0.15) is 6.04 Å². The van der Waals surface area contributed by atoms with Gasteiger partial charge in [0, 0.05) is 38.5 Å². The average Bonchev–Trinajstić information content (AvgIpc) is 3.27. The molecular formula is C23H27N3O3S. The molecule has 2 fully saturated rings. The van der Waals surface area contributed by atoms with Crippen LogP contribution >= 0.6 is 11.3 Å². The summed E-state index contributed by atoms with van der Waals surface area (Å²) in [6.07, 6.45) is 3.57. The molecule has 3 amide bonds. The summed E-state index contributed by atoms with van der Waals surface area (Å²) in [5.41, 5.74) is 1.00. The Kier molecular flexibility index (Phi) is 6.47. The highest BCUT2D eigenvalue weighted by Crippen LogP contribution is 2.28. The maximum absolute atomic E-state index is 13.3. The standard InChI is InChI=1S/C23H27N3O3S/c27-21(20-10-5-15-30-20)24-19(16-17-6-2-1-3-7-17)23(29)26-13-11-25(12-14-26)22(28)18-8-4-9-18/h1-3,5-7,10,15,18-19H,4,8-9,11-14,16H2,(H,24,27). The summed E-state index contributed by atoms with van der Waals surface area (Å²) in [4.78, 5) is 42.7. The molecular weight excluding hydrogens is 398 g/mol. The van der Waals surface area contributed by atoms with Crippen LogP contribution in [0, 0.1) is 5.92 Å². The second kappa shape index (κ2) is 9.43. The molecule has 0 bridgehead atoms. The highest BCUT2D eigenvalue weighted by Gasteiger charge is 2.34. The second-order valence-electron chi connectivity index (χ2n) is 7.97. The lowest BCUT2D eigenvalue weighted by atomic mass is 9.84. The molecule has 0 spiro atoms. The van der Waals surface area contributed by atoms with E-state index in [4.69, 9.17) is 0 Å². The van der Waals surface area contributed by atoms with E-state index in [0.29, 0.717) is 37.5 Å². The lowest BCUT2D eigenvalue weighted by molar-refractivity contribution is -0.144. The smallest absolute Gasteiger partial charge is 0.262 e. The first-order valence-corrected chi connectivity index (χ1v) is 11.5. The minimum absolute atomic E-state index is 0.0838. The zero-order valence-corrected chi connectivity index (χ0v) is 17.8. The molecule has 1 aliphatic carbocycles. The Morgan fingerprint density at radius 3 is 2.27 bits per heavy atom. The van der Waals surface area contributed by atoms with Gasteiger partial charge in [0.15, 0.2) is 0 Å². The molecule has 2 heterocycles. The molecule has 2 aliphatic rings. The number of nitrogens with one attached hydrogen (secondary N) is 1. The van der Waals surface area contributed by atoms with Gasteiger partial charge in [-0.1, -0.05) is 42.8 Å². The van der Waals surface area contributed by atoms with Crippen molar-refractivity contribution in [3.05, 3.63) is 58.3 Å². The SMILES string of the molecule is O=C(NC(Cc1ccccc1)C(=O)N1CCN(C(=O)C2CCC2)CC1)c1cccs1. The van der Waals surface area contributed by atoms with E-state index in [1.807, 2.05) is 46.7 Å². The van der Waals surface area contributed by atoms with Gasteiger partial charge in [0.25, 0.3) is 5.91 Å². The molecule has 1 aromatic heterocycles. The Hall–Kier alpha value is -2.67. The lowest BCUT2D eigenvalue weighted by Gasteiger charge is -2.39. The van der Waals surface area contributed by atoms with Crippen LogP contribution in [0.4, 0.5) is 0 Å². The molecule has 2 aromatic rings. The summed E-state index contributed by atoms with van der Waals surface area (Å²) in [6.45, 7) is 2.16. The lowest BCUT2D eigenvalue weighted by Crippen LogP contribution is -2.57. The Morgan fingerprint density at radius 1 is 0.967 bits per heavy atom. The van der Waals surface area contributed by atoms with E-state index in [-0.39, 0.29) is 23.6 Å². The predicted molar refractivity (Wildman–Crippen MR) is 116 cm³/mol. The third kappa shape index (κ3) is 4.73. The fraction of sp³-hybridized carbons (Fsp3) is 0.435. The number of piperazine rings is 1. The van der Waals surface area contributed by atoms with Crippen molar-refractivity contribution in [3.63, 3.8) is 0 Å². The third-order valence-corrected chi connectivity index (χ3v) is 6.86. The van der Waals surface area contributed by atoms with Gasteiger partial charge in [-0.25, -0.2) is 0 Å². The number of carbonyl (C=O) groups excluding carboxylic acids is 3. The number of hydrogen-bond donors (Lipinski definition) is 1. The van der Waals surface area contributed by atoms with E-state index in [1.54, 1.807) is 11.0 Å². The van der Waals surface area contributed by atoms with E-state index < -0.39 is 6.04 Å². The summed E-state index contributed by atoms with van der Waals surface area (Å²) in [6, 6.07) is 12.7. The first-order valence-electron chi connectivity index (χ1n) is 10.6. The zero-order valence-electron chi connectivity index (χ0n) is 17.0. The quantitative estimate of drug-likeness (QED) is 0.773. The van der Waals surface area contributed by atoms with Crippen LogP contribution in [0.1, 0.15) is 34.5 Å². The monoisotopic (exact) mass is 425 g/mol. The van der Waals surface area contributed by atoms with Crippen LogP contribution in [0.15, 0.2) is 47.8 Å². The van der Waals surface area contributed by atoms with Gasteiger partial charge in [-0.15, -0.1) is 11.3 Å². The van der Waals surface area contributed by atoms with Crippen LogP contribution < -0.4 is 5.32 Å². The third-order valence-electron chi connectivity index (χ3n) is 5.99. The molecule has 1 saturated carbocycles. The van der Waals surface area contributed by atoms with Gasteiger partial charge < -0.3 is 15.1 Å². The Labute approximate surface area is 180 Å². The number of rotatable bonds is 6. The van der Waals surface area contributed by atoms with Gasteiger partial charge >= 0.3 is 0 Å². The van der Waals surface area contributed by atoms with Gasteiger partial charge in [-0.05, 0) is 29.9 Å².